The van der Waals surface area contributed by atoms with Crippen molar-refractivity contribution in [1.82, 2.24) is 0 Å². The van der Waals surface area contributed by atoms with Crippen LogP contribution in [0.2, 0.25) is 0 Å². The summed E-state index contributed by atoms with van der Waals surface area (Å²) in [5.74, 6) is 0.789. The average molecular weight is 232 g/mol. The van der Waals surface area contributed by atoms with Crippen molar-refractivity contribution < 1.29 is 20.1 Å². The van der Waals surface area contributed by atoms with E-state index in [0.717, 1.165) is 0 Å². The van der Waals surface area contributed by atoms with E-state index in [9.17, 15) is 4.39 Å². The van der Waals surface area contributed by atoms with Crippen molar-refractivity contribution in [2.45, 2.75) is 0 Å². The zero-order valence-corrected chi connectivity index (χ0v) is 8.88. The van der Waals surface area contributed by atoms with Crippen molar-refractivity contribution >= 4 is 13.3 Å². The van der Waals surface area contributed by atoms with Crippen LogP contribution in [-0.2, 0) is 0 Å². The van der Waals surface area contributed by atoms with E-state index in [0.29, 0.717) is 17.0 Å². The van der Waals surface area contributed by atoms with Crippen LogP contribution in [0.5, 0.6) is 11.5 Å². The molecule has 0 unspecified atom stereocenters. The van der Waals surface area contributed by atoms with Gasteiger partial charge in [-0.3, -0.25) is 0 Å². The summed E-state index contributed by atoms with van der Waals surface area (Å²) in [4.78, 5) is 0. The third-order valence-electron chi connectivity index (χ3n) is 1.91. The molecule has 0 radical (unpaired) electrons. The van der Waals surface area contributed by atoms with Crippen molar-refractivity contribution in [1.29, 1.82) is 0 Å². The molecule has 0 aliphatic heterocycles. The Morgan fingerprint density at radius 3 is 2.12 bits per heavy atom. The molecule has 2 rings (SSSR count). The summed E-state index contributed by atoms with van der Waals surface area (Å²) in [5.41, 5.74) is 0.668. The zero-order valence-electron chi connectivity index (χ0n) is 8.88. The van der Waals surface area contributed by atoms with Gasteiger partial charge in [0.2, 0.25) is 0 Å². The molecule has 0 saturated carbocycles. The molecule has 0 spiro atoms. The first-order chi connectivity index (χ1) is 7.24. The van der Waals surface area contributed by atoms with E-state index in [1.54, 1.807) is 36.4 Å². The zero-order chi connectivity index (χ0) is 10.7. The SMILES string of the molecule is [B+2]c1ccc(Oc2cccc(F)c2)cc1.[OH-].[OH-]. The largest absolute Gasteiger partial charge is 0.870 e. The van der Waals surface area contributed by atoms with Gasteiger partial charge in [0.1, 0.15) is 0 Å². The molecule has 0 amide bonds. The molecule has 0 aliphatic carbocycles. The van der Waals surface area contributed by atoms with Crippen molar-refractivity contribution in [3.63, 3.8) is 0 Å². The Hall–Kier alpha value is -1.85. The minimum Gasteiger partial charge on any atom is -0.870 e. The van der Waals surface area contributed by atoms with E-state index in [1.165, 1.54) is 12.1 Å². The first-order valence-electron chi connectivity index (χ1n) is 4.53. The van der Waals surface area contributed by atoms with E-state index in [-0.39, 0.29) is 16.8 Å². The van der Waals surface area contributed by atoms with Crippen LogP contribution in [0.3, 0.4) is 0 Å². The smallest absolute Gasteiger partial charge is 0.870 e. The summed E-state index contributed by atoms with van der Waals surface area (Å²) >= 11 is 0. The predicted molar refractivity (Wildman–Crippen MR) is 62.2 cm³/mol. The van der Waals surface area contributed by atoms with Crippen LogP contribution in [0.4, 0.5) is 4.39 Å². The van der Waals surface area contributed by atoms with Gasteiger partial charge >= 0.3 is 88.3 Å². The standard InChI is InChI=1S/C12H8BFO.2H2O/c13-9-4-6-11(7-5-9)15-12-3-1-2-10(14)8-12;;/h1-8H;2*1H2/q+2;;/p-2. The molecule has 0 heterocycles. The van der Waals surface area contributed by atoms with Crippen molar-refractivity contribution in [2.24, 2.45) is 0 Å². The predicted octanol–water partition coefficient (Wildman–Crippen LogP) is 2.06. The molecule has 86 valence electrons. The van der Waals surface area contributed by atoms with Crippen molar-refractivity contribution in [2.75, 3.05) is 0 Å². The molecule has 3 nitrogen and oxygen atoms in total. The number of halogens is 1. The Morgan fingerprint density at radius 1 is 0.882 bits per heavy atom. The first kappa shape index (κ1) is 15.2. The number of ether oxygens (including phenoxy) is 1. The summed E-state index contributed by atoms with van der Waals surface area (Å²) in [7, 11) is 5.53. The molecule has 2 aromatic rings. The van der Waals surface area contributed by atoms with E-state index < -0.39 is 0 Å². The third kappa shape index (κ3) is 4.26. The van der Waals surface area contributed by atoms with Crippen LogP contribution < -0.4 is 10.2 Å². The van der Waals surface area contributed by atoms with Gasteiger partial charge in [-0.25, -0.2) is 0 Å². The Kier molecular flexibility index (Phi) is 5.95. The fourth-order valence-corrected chi connectivity index (χ4v) is 1.20. The first-order valence-corrected chi connectivity index (χ1v) is 4.53. The van der Waals surface area contributed by atoms with Gasteiger partial charge in [-0.2, -0.15) is 0 Å². The minimum atomic E-state index is -0.317. The molecule has 5 heteroatoms. The molecule has 2 aromatic carbocycles. The summed E-state index contributed by atoms with van der Waals surface area (Å²) in [6.45, 7) is 0. The van der Waals surface area contributed by atoms with Gasteiger partial charge in [0.05, 0.1) is 0 Å². The molecule has 0 aliphatic rings. The van der Waals surface area contributed by atoms with Gasteiger partial charge in [-0.05, 0) is 0 Å². The van der Waals surface area contributed by atoms with Gasteiger partial charge in [-0.1, -0.05) is 0 Å². The van der Waals surface area contributed by atoms with Crippen LogP contribution in [0.1, 0.15) is 0 Å². The number of rotatable bonds is 2. The molecule has 2 N–H and O–H groups in total. The Labute approximate surface area is 99.9 Å². The van der Waals surface area contributed by atoms with E-state index >= 15 is 0 Å². The van der Waals surface area contributed by atoms with E-state index in [1.807, 2.05) is 0 Å². The molecule has 0 saturated heterocycles. The van der Waals surface area contributed by atoms with Crippen LogP contribution in [0.25, 0.3) is 0 Å². The van der Waals surface area contributed by atoms with E-state index in [2.05, 4.69) is 0 Å². The van der Waals surface area contributed by atoms with Crippen molar-refractivity contribution in [3.05, 3.63) is 54.3 Å². The Morgan fingerprint density at radius 2 is 1.53 bits per heavy atom. The van der Waals surface area contributed by atoms with Gasteiger partial charge in [0.15, 0.2) is 0 Å². The topological polar surface area (TPSA) is 69.2 Å². The fourth-order valence-electron chi connectivity index (χ4n) is 1.20. The molecule has 0 fully saturated rings. The molecular formula is C12H10BFO3. The number of hydrogen-bond donors (Lipinski definition) is 0. The quantitative estimate of drug-likeness (QED) is 0.744. The molecule has 0 atom stereocenters. The van der Waals surface area contributed by atoms with Gasteiger partial charge in [0, 0.05) is 0 Å². The maximum Gasteiger partial charge on any atom is -0.870 e. The van der Waals surface area contributed by atoms with Gasteiger partial charge < -0.3 is 11.0 Å². The summed E-state index contributed by atoms with van der Waals surface area (Å²) in [6, 6.07) is 12.9. The minimum absolute atomic E-state index is 0. The monoisotopic (exact) mass is 232 g/mol. The number of hydrogen-bond acceptors (Lipinski definition) is 3. The Balaban J connectivity index is 0.00000128. The maximum absolute atomic E-state index is 12.8. The molecule has 0 bridgehead atoms. The van der Waals surface area contributed by atoms with Crippen LogP contribution in [0.15, 0.2) is 48.5 Å². The van der Waals surface area contributed by atoms with Gasteiger partial charge in [0.25, 0.3) is 0 Å². The van der Waals surface area contributed by atoms with Gasteiger partial charge in [-0.15, -0.1) is 0 Å². The maximum atomic E-state index is 12.8. The Bertz CT molecular complexity index is 460. The molecule has 17 heavy (non-hydrogen) atoms. The summed E-state index contributed by atoms with van der Waals surface area (Å²) in [6.07, 6.45) is 0. The third-order valence-corrected chi connectivity index (χ3v) is 1.91. The second-order valence-corrected chi connectivity index (χ2v) is 3.13. The second-order valence-electron chi connectivity index (χ2n) is 3.13. The van der Waals surface area contributed by atoms with E-state index in [4.69, 9.17) is 12.6 Å². The van der Waals surface area contributed by atoms with Crippen LogP contribution in [-0.4, -0.2) is 18.8 Å². The normalized spacial score (nSPS) is 8.88. The van der Waals surface area contributed by atoms with Crippen molar-refractivity contribution in [3.8, 4) is 11.5 Å². The number of benzene rings is 2. The molecular weight excluding hydrogens is 222 g/mol. The second kappa shape index (κ2) is 6.68. The average Bonchev–Trinajstić information content (AvgIpc) is 2.22. The fraction of sp³-hybridized carbons (Fsp3) is 0. The van der Waals surface area contributed by atoms with Crippen LogP contribution in [0, 0.1) is 5.82 Å². The summed E-state index contributed by atoms with van der Waals surface area (Å²) < 4.78 is 18.3. The molecule has 0 aromatic heterocycles. The van der Waals surface area contributed by atoms with Crippen LogP contribution >= 0.6 is 0 Å². The summed E-state index contributed by atoms with van der Waals surface area (Å²) in [5, 5.41) is 0.